The van der Waals surface area contributed by atoms with Crippen LogP contribution in [-0.4, -0.2) is 23.6 Å². The van der Waals surface area contributed by atoms with Crippen molar-refractivity contribution in [3.63, 3.8) is 0 Å². The lowest BCUT2D eigenvalue weighted by molar-refractivity contribution is -0.107. The van der Waals surface area contributed by atoms with Gasteiger partial charge in [-0.2, -0.15) is 0 Å². The second kappa shape index (κ2) is 6.53. The van der Waals surface area contributed by atoms with Crippen LogP contribution in [0.1, 0.15) is 5.56 Å². The van der Waals surface area contributed by atoms with Crippen LogP contribution in [0.25, 0.3) is 6.08 Å². The van der Waals surface area contributed by atoms with Crippen molar-refractivity contribution in [1.82, 2.24) is 0 Å². The molecule has 0 amide bonds. The van der Waals surface area contributed by atoms with Gasteiger partial charge >= 0.3 is 0 Å². The smallest absolute Gasteiger partial charge is 0.245 e. The molecule has 0 heterocycles. The van der Waals surface area contributed by atoms with Crippen molar-refractivity contribution in [3.8, 4) is 5.75 Å². The van der Waals surface area contributed by atoms with Crippen LogP contribution >= 0.6 is 23.2 Å². The van der Waals surface area contributed by atoms with E-state index in [2.05, 4.69) is 0 Å². The molecule has 0 bridgehead atoms. The number of hydrogen-bond acceptors (Lipinski definition) is 3. The van der Waals surface area contributed by atoms with Crippen molar-refractivity contribution in [1.29, 1.82) is 0 Å². The van der Waals surface area contributed by atoms with Gasteiger partial charge in [0.05, 0.1) is 11.6 Å². The number of ether oxygens (including phenoxy) is 1. The van der Waals surface area contributed by atoms with Gasteiger partial charge in [-0.05, 0) is 35.4 Å². The molecule has 0 aromatic heterocycles. The van der Waals surface area contributed by atoms with Gasteiger partial charge in [-0.25, -0.2) is 0 Å². The average molecular weight is 261 g/mol. The third-order valence-electron chi connectivity index (χ3n) is 1.71. The number of halogens is 2. The second-order valence-electron chi connectivity index (χ2n) is 2.90. The van der Waals surface area contributed by atoms with E-state index < -0.39 is 5.24 Å². The summed E-state index contributed by atoms with van der Waals surface area (Å²) in [5.74, 6) is 0.491. The van der Waals surface area contributed by atoms with Crippen molar-refractivity contribution in [3.05, 3.63) is 34.9 Å². The summed E-state index contributed by atoms with van der Waals surface area (Å²) in [5, 5.41) is 8.46. The summed E-state index contributed by atoms with van der Waals surface area (Å²) in [6.07, 6.45) is 2.79. The van der Waals surface area contributed by atoms with Gasteiger partial charge in [-0.1, -0.05) is 23.7 Å². The maximum Gasteiger partial charge on any atom is 0.245 e. The van der Waals surface area contributed by atoms with Gasteiger partial charge in [0.2, 0.25) is 5.24 Å². The molecule has 0 aliphatic rings. The molecular weight excluding hydrogens is 251 g/mol. The summed E-state index contributed by atoms with van der Waals surface area (Å²) in [5.41, 5.74) is 0.746. The predicted octanol–water partition coefficient (Wildman–Crippen LogP) is 2.49. The molecule has 1 aromatic carbocycles. The lowest BCUT2D eigenvalue weighted by Gasteiger charge is -2.06. The molecule has 0 atom stereocenters. The van der Waals surface area contributed by atoms with Crippen LogP contribution in [0.3, 0.4) is 0 Å². The van der Waals surface area contributed by atoms with E-state index in [-0.39, 0.29) is 13.2 Å². The summed E-state index contributed by atoms with van der Waals surface area (Å²) in [6, 6.07) is 5.04. The van der Waals surface area contributed by atoms with Crippen LogP contribution < -0.4 is 4.74 Å². The Hall–Kier alpha value is -1.03. The zero-order chi connectivity index (χ0) is 12.0. The number of aliphatic hydroxyl groups is 1. The number of carbonyl (C=O) groups is 1. The molecular formula is C11H10Cl2O3. The van der Waals surface area contributed by atoms with Crippen LogP contribution in [0, 0.1) is 0 Å². The van der Waals surface area contributed by atoms with Gasteiger partial charge in [-0.15, -0.1) is 0 Å². The van der Waals surface area contributed by atoms with Crippen molar-refractivity contribution < 1.29 is 14.6 Å². The molecule has 1 N–H and O–H groups in total. The first-order chi connectivity index (χ1) is 7.63. The summed E-state index contributed by atoms with van der Waals surface area (Å²) in [7, 11) is 0. The first kappa shape index (κ1) is 13.0. The molecule has 0 unspecified atom stereocenters. The van der Waals surface area contributed by atoms with Crippen LogP contribution in [0.5, 0.6) is 5.75 Å². The highest BCUT2D eigenvalue weighted by Gasteiger charge is 2.01. The molecule has 5 heteroatoms. The first-order valence-electron chi connectivity index (χ1n) is 4.54. The molecule has 0 aliphatic heterocycles. The molecule has 0 saturated heterocycles. The Balaban J connectivity index is 2.78. The number of allylic oxidation sites excluding steroid dienone is 1. The third-order valence-corrected chi connectivity index (χ3v) is 2.13. The van der Waals surface area contributed by atoms with E-state index in [0.29, 0.717) is 10.8 Å². The minimum atomic E-state index is -0.545. The topological polar surface area (TPSA) is 46.5 Å². The summed E-state index contributed by atoms with van der Waals surface area (Å²) < 4.78 is 5.17. The molecule has 16 heavy (non-hydrogen) atoms. The highest BCUT2D eigenvalue weighted by molar-refractivity contribution is 6.66. The highest BCUT2D eigenvalue weighted by Crippen LogP contribution is 2.25. The van der Waals surface area contributed by atoms with Gasteiger partial charge in [0.15, 0.2) is 0 Å². The number of aliphatic hydroxyl groups excluding tert-OH is 1. The van der Waals surface area contributed by atoms with E-state index in [9.17, 15) is 4.79 Å². The zero-order valence-corrected chi connectivity index (χ0v) is 9.83. The minimum absolute atomic E-state index is 0.0707. The normalized spacial score (nSPS) is 10.7. The fourth-order valence-electron chi connectivity index (χ4n) is 1.06. The number of carbonyl (C=O) groups excluding carboxylic acids is 1. The molecule has 3 nitrogen and oxygen atoms in total. The van der Waals surface area contributed by atoms with E-state index in [1.165, 1.54) is 6.08 Å². The van der Waals surface area contributed by atoms with E-state index in [0.717, 1.165) is 5.56 Å². The molecule has 86 valence electrons. The van der Waals surface area contributed by atoms with Crippen molar-refractivity contribution in [2.75, 3.05) is 13.2 Å². The Morgan fingerprint density at radius 1 is 1.50 bits per heavy atom. The van der Waals surface area contributed by atoms with Crippen molar-refractivity contribution in [2.24, 2.45) is 0 Å². The highest BCUT2D eigenvalue weighted by atomic mass is 35.5. The standard InChI is InChI=1S/C11H10Cl2O3/c12-9-7-8(2-4-11(13)15)1-3-10(9)16-6-5-14/h1-4,7,14H,5-6H2. The predicted molar refractivity (Wildman–Crippen MR) is 63.9 cm³/mol. The van der Waals surface area contributed by atoms with Crippen LogP contribution in [0.4, 0.5) is 0 Å². The maximum absolute atomic E-state index is 10.5. The second-order valence-corrected chi connectivity index (χ2v) is 3.68. The number of rotatable bonds is 5. The quantitative estimate of drug-likeness (QED) is 0.654. The van der Waals surface area contributed by atoms with Crippen LogP contribution in [0.2, 0.25) is 5.02 Å². The van der Waals surface area contributed by atoms with Crippen LogP contribution in [-0.2, 0) is 4.79 Å². The monoisotopic (exact) mass is 260 g/mol. The number of benzene rings is 1. The largest absolute Gasteiger partial charge is 0.490 e. The fourth-order valence-corrected chi connectivity index (χ4v) is 1.36. The zero-order valence-electron chi connectivity index (χ0n) is 8.32. The fraction of sp³-hybridized carbons (Fsp3) is 0.182. The minimum Gasteiger partial charge on any atom is -0.490 e. The van der Waals surface area contributed by atoms with Gasteiger partial charge in [0, 0.05) is 0 Å². The maximum atomic E-state index is 10.5. The van der Waals surface area contributed by atoms with Gasteiger partial charge in [0.1, 0.15) is 12.4 Å². The molecule has 1 aromatic rings. The molecule has 0 saturated carbocycles. The molecule has 0 fully saturated rings. The van der Waals surface area contributed by atoms with E-state index >= 15 is 0 Å². The van der Waals surface area contributed by atoms with Gasteiger partial charge in [-0.3, -0.25) is 4.79 Å². The Morgan fingerprint density at radius 2 is 2.25 bits per heavy atom. The van der Waals surface area contributed by atoms with Gasteiger partial charge < -0.3 is 9.84 Å². The Labute approximate surface area is 103 Å². The molecule has 1 rings (SSSR count). The third kappa shape index (κ3) is 4.23. The Bertz CT molecular complexity index is 402. The number of hydrogen-bond donors (Lipinski definition) is 1. The Kier molecular flexibility index (Phi) is 5.32. The SMILES string of the molecule is O=C(Cl)C=Cc1ccc(OCCO)c(Cl)c1. The van der Waals surface area contributed by atoms with Gasteiger partial charge in [0.25, 0.3) is 0 Å². The summed E-state index contributed by atoms with van der Waals surface area (Å²) in [6.45, 7) is 0.119. The van der Waals surface area contributed by atoms with Crippen molar-refractivity contribution >= 4 is 34.5 Å². The van der Waals surface area contributed by atoms with E-state index in [1.54, 1.807) is 24.3 Å². The van der Waals surface area contributed by atoms with E-state index in [1.807, 2.05) is 0 Å². The molecule has 0 spiro atoms. The Morgan fingerprint density at radius 3 is 2.81 bits per heavy atom. The van der Waals surface area contributed by atoms with Crippen LogP contribution in [0.15, 0.2) is 24.3 Å². The van der Waals surface area contributed by atoms with E-state index in [4.69, 9.17) is 33.0 Å². The summed E-state index contributed by atoms with van der Waals surface area (Å²) >= 11 is 11.1. The summed E-state index contributed by atoms with van der Waals surface area (Å²) in [4.78, 5) is 10.5. The lowest BCUT2D eigenvalue weighted by Crippen LogP contribution is -2.01. The first-order valence-corrected chi connectivity index (χ1v) is 5.30. The lowest BCUT2D eigenvalue weighted by atomic mass is 10.2. The molecule has 0 aliphatic carbocycles. The average Bonchev–Trinajstić information content (AvgIpc) is 2.25. The van der Waals surface area contributed by atoms with Crippen molar-refractivity contribution in [2.45, 2.75) is 0 Å². The molecule has 0 radical (unpaired) electrons.